The summed E-state index contributed by atoms with van der Waals surface area (Å²) >= 11 is 0. The summed E-state index contributed by atoms with van der Waals surface area (Å²) in [4.78, 5) is 17.6. The van der Waals surface area contributed by atoms with Crippen molar-refractivity contribution in [3.63, 3.8) is 0 Å². The van der Waals surface area contributed by atoms with Gasteiger partial charge in [0, 0.05) is 37.4 Å². The molecule has 0 N–H and O–H groups in total. The molecular formula is C19H30N4O. The first kappa shape index (κ1) is 16.1. The first-order chi connectivity index (χ1) is 11.6. The summed E-state index contributed by atoms with van der Waals surface area (Å²) in [5.74, 6) is 1.03. The fourth-order valence-electron chi connectivity index (χ4n) is 4.72. The minimum Gasteiger partial charge on any atom is -0.337 e. The van der Waals surface area contributed by atoms with Crippen molar-refractivity contribution >= 4 is 5.91 Å². The van der Waals surface area contributed by atoms with Crippen LogP contribution in [0.1, 0.15) is 60.8 Å². The van der Waals surface area contributed by atoms with Crippen LogP contribution in [0, 0.1) is 5.92 Å². The van der Waals surface area contributed by atoms with Gasteiger partial charge in [0.2, 0.25) is 0 Å². The van der Waals surface area contributed by atoms with Crippen molar-refractivity contribution in [1.29, 1.82) is 0 Å². The third-order valence-corrected chi connectivity index (χ3v) is 6.36. The number of likely N-dealkylation sites (tertiary alicyclic amines) is 2. The van der Waals surface area contributed by atoms with Crippen molar-refractivity contribution < 1.29 is 4.79 Å². The van der Waals surface area contributed by atoms with Crippen LogP contribution in [0.5, 0.6) is 0 Å². The van der Waals surface area contributed by atoms with Crippen molar-refractivity contribution in [3.8, 4) is 0 Å². The van der Waals surface area contributed by atoms with Gasteiger partial charge >= 0.3 is 0 Å². The Bertz CT molecular complexity index is 609. The average molecular weight is 330 g/mol. The van der Waals surface area contributed by atoms with Gasteiger partial charge in [0.05, 0.1) is 0 Å². The smallest absolute Gasteiger partial charge is 0.274 e. The third kappa shape index (κ3) is 2.87. The number of fused-ring (bicyclic) bond motifs is 1. The van der Waals surface area contributed by atoms with E-state index in [9.17, 15) is 4.79 Å². The van der Waals surface area contributed by atoms with Gasteiger partial charge < -0.3 is 9.80 Å². The fraction of sp³-hybridized carbons (Fsp3) is 0.789. The largest absolute Gasteiger partial charge is 0.337 e. The molecule has 0 saturated carbocycles. The summed E-state index contributed by atoms with van der Waals surface area (Å²) in [7, 11) is 2.00. The van der Waals surface area contributed by atoms with Gasteiger partial charge in [-0.25, -0.2) is 0 Å². The number of hydrogen-bond donors (Lipinski definition) is 0. The van der Waals surface area contributed by atoms with Crippen LogP contribution in [0.4, 0.5) is 0 Å². The zero-order valence-electron chi connectivity index (χ0n) is 15.1. The number of piperidine rings is 1. The average Bonchev–Trinajstić information content (AvgIpc) is 3.23. The summed E-state index contributed by atoms with van der Waals surface area (Å²) in [5, 5.41) is 4.64. The molecule has 2 fully saturated rings. The van der Waals surface area contributed by atoms with Crippen LogP contribution in [-0.4, -0.2) is 57.7 Å². The highest BCUT2D eigenvalue weighted by molar-refractivity contribution is 5.94. The number of aryl methyl sites for hydroxylation is 1. The summed E-state index contributed by atoms with van der Waals surface area (Å²) in [5.41, 5.74) is 3.27. The molecule has 1 aliphatic carbocycles. The molecule has 3 heterocycles. The van der Waals surface area contributed by atoms with E-state index in [1.54, 1.807) is 0 Å². The van der Waals surface area contributed by atoms with Crippen molar-refractivity contribution in [1.82, 2.24) is 19.6 Å². The Balaban J connectivity index is 1.54. The van der Waals surface area contributed by atoms with Crippen LogP contribution in [0.25, 0.3) is 0 Å². The zero-order chi connectivity index (χ0) is 16.7. The van der Waals surface area contributed by atoms with Gasteiger partial charge in [0.1, 0.15) is 0 Å². The standard InChI is InChI=1S/C19H30N4O/c1-14-7-11-22(12-8-14)15-5-6-17-16(13-15)18(20-21(17)2)19(24)23-9-3-4-10-23/h14-15H,3-13H2,1-2H3/t15-/m0/s1. The molecule has 0 bridgehead atoms. The minimum absolute atomic E-state index is 0.164. The SMILES string of the molecule is CC1CCN([C@H]2CCc3c(c(C(=O)N4CCCC4)nn3C)C2)CC1. The Morgan fingerprint density at radius 1 is 1.08 bits per heavy atom. The van der Waals surface area contributed by atoms with Gasteiger partial charge in [0.15, 0.2) is 5.69 Å². The van der Waals surface area contributed by atoms with Gasteiger partial charge in [-0.1, -0.05) is 6.92 Å². The maximum Gasteiger partial charge on any atom is 0.274 e. The highest BCUT2D eigenvalue weighted by atomic mass is 16.2. The van der Waals surface area contributed by atoms with E-state index in [4.69, 9.17) is 0 Å². The molecule has 1 atom stereocenters. The minimum atomic E-state index is 0.164. The van der Waals surface area contributed by atoms with Crippen LogP contribution in [-0.2, 0) is 19.9 Å². The molecule has 0 aromatic carbocycles. The second-order valence-corrected chi connectivity index (χ2v) is 8.01. The van der Waals surface area contributed by atoms with Crippen LogP contribution >= 0.6 is 0 Å². The Hall–Kier alpha value is -1.36. The molecule has 1 aromatic heterocycles. The molecule has 1 amide bonds. The van der Waals surface area contributed by atoms with Gasteiger partial charge in [-0.05, 0) is 64.0 Å². The molecule has 3 aliphatic rings. The number of aromatic nitrogens is 2. The molecule has 5 nitrogen and oxygen atoms in total. The highest BCUT2D eigenvalue weighted by Crippen LogP contribution is 2.30. The number of nitrogens with zero attached hydrogens (tertiary/aromatic N) is 4. The highest BCUT2D eigenvalue weighted by Gasteiger charge is 2.33. The molecule has 132 valence electrons. The van der Waals surface area contributed by atoms with E-state index in [0.717, 1.165) is 50.4 Å². The molecule has 0 radical (unpaired) electrons. The second-order valence-electron chi connectivity index (χ2n) is 8.01. The van der Waals surface area contributed by atoms with E-state index in [1.807, 2.05) is 16.6 Å². The van der Waals surface area contributed by atoms with E-state index in [0.29, 0.717) is 6.04 Å². The second kappa shape index (κ2) is 6.51. The van der Waals surface area contributed by atoms with Crippen LogP contribution < -0.4 is 0 Å². The molecule has 24 heavy (non-hydrogen) atoms. The topological polar surface area (TPSA) is 41.4 Å². The first-order valence-electron chi connectivity index (χ1n) is 9.71. The summed E-state index contributed by atoms with van der Waals surface area (Å²) < 4.78 is 1.97. The van der Waals surface area contributed by atoms with E-state index in [1.165, 1.54) is 43.6 Å². The Kier molecular flexibility index (Phi) is 4.37. The summed E-state index contributed by atoms with van der Waals surface area (Å²) in [6, 6.07) is 0.597. The predicted molar refractivity (Wildman–Crippen MR) is 94.1 cm³/mol. The van der Waals surface area contributed by atoms with E-state index < -0.39 is 0 Å². The lowest BCUT2D eigenvalue weighted by Gasteiger charge is -2.38. The maximum absolute atomic E-state index is 12.9. The molecular weight excluding hydrogens is 300 g/mol. The summed E-state index contributed by atoms with van der Waals surface area (Å²) in [6.45, 7) is 6.60. The predicted octanol–water partition coefficient (Wildman–Crippen LogP) is 2.25. The van der Waals surface area contributed by atoms with Crippen molar-refractivity contribution in [3.05, 3.63) is 17.0 Å². The first-order valence-corrected chi connectivity index (χ1v) is 9.71. The fourth-order valence-corrected chi connectivity index (χ4v) is 4.72. The molecule has 4 rings (SSSR count). The lowest BCUT2D eigenvalue weighted by atomic mass is 9.88. The molecule has 2 saturated heterocycles. The molecule has 5 heteroatoms. The molecule has 1 aromatic rings. The Labute approximate surface area is 145 Å². The normalized spacial score (nSPS) is 25.9. The number of hydrogen-bond acceptors (Lipinski definition) is 3. The van der Waals surface area contributed by atoms with Gasteiger partial charge in [0.25, 0.3) is 5.91 Å². The van der Waals surface area contributed by atoms with E-state index in [-0.39, 0.29) is 5.91 Å². The monoisotopic (exact) mass is 330 g/mol. The van der Waals surface area contributed by atoms with Gasteiger partial charge in [-0.3, -0.25) is 9.48 Å². The zero-order valence-corrected chi connectivity index (χ0v) is 15.1. The van der Waals surface area contributed by atoms with E-state index in [2.05, 4.69) is 16.9 Å². The molecule has 0 unspecified atom stereocenters. The van der Waals surface area contributed by atoms with Crippen molar-refractivity contribution in [2.75, 3.05) is 26.2 Å². The van der Waals surface area contributed by atoms with Crippen LogP contribution in [0.15, 0.2) is 0 Å². The van der Waals surface area contributed by atoms with Crippen LogP contribution in [0.3, 0.4) is 0 Å². The summed E-state index contributed by atoms with van der Waals surface area (Å²) in [6.07, 6.45) is 8.17. The number of rotatable bonds is 2. The van der Waals surface area contributed by atoms with Crippen molar-refractivity contribution in [2.24, 2.45) is 13.0 Å². The quantitative estimate of drug-likeness (QED) is 0.835. The van der Waals surface area contributed by atoms with E-state index >= 15 is 0 Å². The molecule has 2 aliphatic heterocycles. The van der Waals surface area contributed by atoms with Crippen LogP contribution in [0.2, 0.25) is 0 Å². The Morgan fingerprint density at radius 3 is 2.50 bits per heavy atom. The number of carbonyl (C=O) groups is 1. The molecule has 0 spiro atoms. The number of carbonyl (C=O) groups excluding carboxylic acids is 1. The lowest BCUT2D eigenvalue weighted by Crippen LogP contribution is -2.44. The lowest BCUT2D eigenvalue weighted by molar-refractivity contribution is 0.0783. The number of amides is 1. The Morgan fingerprint density at radius 2 is 1.79 bits per heavy atom. The van der Waals surface area contributed by atoms with Gasteiger partial charge in [-0.15, -0.1) is 0 Å². The third-order valence-electron chi connectivity index (χ3n) is 6.36. The maximum atomic E-state index is 12.9. The van der Waals surface area contributed by atoms with Crippen molar-refractivity contribution in [2.45, 2.75) is 57.9 Å². The van der Waals surface area contributed by atoms with Gasteiger partial charge in [-0.2, -0.15) is 5.10 Å².